The van der Waals surface area contributed by atoms with Crippen LogP contribution in [0.1, 0.15) is 12.8 Å². The summed E-state index contributed by atoms with van der Waals surface area (Å²) in [5, 5.41) is 11.8. The summed E-state index contributed by atoms with van der Waals surface area (Å²) in [5.74, 6) is 0. The van der Waals surface area contributed by atoms with Gasteiger partial charge in [0.15, 0.2) is 0 Å². The van der Waals surface area contributed by atoms with Crippen molar-refractivity contribution < 1.29 is 5.11 Å². The molecule has 0 saturated carbocycles. The number of nitrogens with two attached hydrogens (primary N) is 2. The van der Waals surface area contributed by atoms with Gasteiger partial charge in [-0.1, -0.05) is 0 Å². The maximum absolute atomic E-state index is 8.59. The predicted octanol–water partition coefficient (Wildman–Crippen LogP) is 1.04. The molecule has 0 unspecified atom stereocenters. The van der Waals surface area contributed by atoms with Crippen LogP contribution in [-0.2, 0) is 0 Å². The second-order valence-corrected chi connectivity index (χ2v) is 3.20. The topological polar surface area (TPSA) is 84.3 Å². The number of unbranched alkanes of at least 4 members (excludes halogenated alkanes) is 1. The van der Waals surface area contributed by atoms with Crippen LogP contribution in [-0.4, -0.2) is 18.3 Å². The number of hydrogen-bond donors (Lipinski definition) is 4. The van der Waals surface area contributed by atoms with Gasteiger partial charge in [-0.2, -0.15) is 0 Å². The second kappa shape index (κ2) is 5.34. The normalized spacial score (nSPS) is 10.1. The lowest BCUT2D eigenvalue weighted by Crippen LogP contribution is -2.05. The van der Waals surface area contributed by atoms with Crippen LogP contribution in [0.25, 0.3) is 0 Å². The zero-order chi connectivity index (χ0) is 10.4. The van der Waals surface area contributed by atoms with Crippen molar-refractivity contribution in [3.05, 3.63) is 18.2 Å². The van der Waals surface area contributed by atoms with E-state index in [-0.39, 0.29) is 6.61 Å². The average molecular weight is 195 g/mol. The van der Waals surface area contributed by atoms with Crippen molar-refractivity contribution >= 4 is 17.1 Å². The minimum atomic E-state index is 0.230. The van der Waals surface area contributed by atoms with Crippen LogP contribution in [0.2, 0.25) is 0 Å². The number of hydrogen-bond acceptors (Lipinski definition) is 4. The first-order valence-corrected chi connectivity index (χ1v) is 4.74. The summed E-state index contributed by atoms with van der Waals surface area (Å²) in [7, 11) is 0. The van der Waals surface area contributed by atoms with Crippen LogP contribution in [0.4, 0.5) is 17.1 Å². The van der Waals surface area contributed by atoms with Crippen LogP contribution in [0.5, 0.6) is 0 Å². The van der Waals surface area contributed by atoms with E-state index in [4.69, 9.17) is 16.6 Å². The van der Waals surface area contributed by atoms with Crippen molar-refractivity contribution in [3.8, 4) is 0 Å². The number of nitrogens with one attached hydrogen (secondary N) is 1. The number of aliphatic hydroxyl groups is 1. The molecule has 0 atom stereocenters. The van der Waals surface area contributed by atoms with Crippen molar-refractivity contribution in [1.29, 1.82) is 0 Å². The van der Waals surface area contributed by atoms with Gasteiger partial charge in [0.05, 0.1) is 11.4 Å². The van der Waals surface area contributed by atoms with Crippen molar-refractivity contribution in [2.45, 2.75) is 12.8 Å². The fourth-order valence-corrected chi connectivity index (χ4v) is 1.19. The van der Waals surface area contributed by atoms with E-state index in [0.717, 1.165) is 25.1 Å². The van der Waals surface area contributed by atoms with Gasteiger partial charge in [0, 0.05) is 18.8 Å². The maximum atomic E-state index is 8.59. The van der Waals surface area contributed by atoms with Gasteiger partial charge in [-0.15, -0.1) is 0 Å². The zero-order valence-corrected chi connectivity index (χ0v) is 8.16. The Morgan fingerprint density at radius 3 is 2.71 bits per heavy atom. The third-order valence-corrected chi connectivity index (χ3v) is 1.98. The second-order valence-electron chi connectivity index (χ2n) is 3.20. The predicted molar refractivity (Wildman–Crippen MR) is 60.1 cm³/mol. The number of aliphatic hydroxyl groups excluding tert-OH is 1. The van der Waals surface area contributed by atoms with Crippen molar-refractivity contribution in [1.82, 2.24) is 0 Å². The molecule has 14 heavy (non-hydrogen) atoms. The van der Waals surface area contributed by atoms with E-state index in [1.54, 1.807) is 12.1 Å². The molecule has 0 saturated heterocycles. The maximum Gasteiger partial charge on any atom is 0.0594 e. The number of benzene rings is 1. The van der Waals surface area contributed by atoms with Crippen LogP contribution >= 0.6 is 0 Å². The quantitative estimate of drug-likeness (QED) is 0.418. The van der Waals surface area contributed by atoms with Crippen LogP contribution in [0, 0.1) is 0 Å². The Hall–Kier alpha value is -1.42. The zero-order valence-electron chi connectivity index (χ0n) is 8.16. The number of rotatable bonds is 5. The standard InChI is InChI=1S/C10H17N3O/c11-8-3-4-9(12)10(7-8)13-5-1-2-6-14/h3-4,7,13-14H,1-2,5-6,11-12H2. The van der Waals surface area contributed by atoms with Gasteiger partial charge in [0.2, 0.25) is 0 Å². The molecular formula is C10H17N3O. The van der Waals surface area contributed by atoms with Gasteiger partial charge < -0.3 is 21.9 Å². The molecule has 0 amide bonds. The molecule has 0 aliphatic rings. The minimum absolute atomic E-state index is 0.230. The van der Waals surface area contributed by atoms with Crippen molar-refractivity contribution in [3.63, 3.8) is 0 Å². The van der Waals surface area contributed by atoms with Gasteiger partial charge in [0.25, 0.3) is 0 Å². The lowest BCUT2D eigenvalue weighted by atomic mass is 10.2. The molecule has 0 spiro atoms. The summed E-state index contributed by atoms with van der Waals surface area (Å²) in [4.78, 5) is 0. The van der Waals surface area contributed by atoms with Crippen LogP contribution < -0.4 is 16.8 Å². The van der Waals surface area contributed by atoms with Crippen molar-refractivity contribution in [2.75, 3.05) is 29.9 Å². The van der Waals surface area contributed by atoms with E-state index in [0.29, 0.717) is 11.4 Å². The molecule has 0 aliphatic carbocycles. The molecule has 0 fully saturated rings. The molecule has 6 N–H and O–H groups in total. The molecule has 0 aliphatic heterocycles. The average Bonchev–Trinajstić information content (AvgIpc) is 2.18. The summed E-state index contributed by atoms with van der Waals surface area (Å²) >= 11 is 0. The monoisotopic (exact) mass is 195 g/mol. The highest BCUT2D eigenvalue weighted by Crippen LogP contribution is 2.20. The van der Waals surface area contributed by atoms with E-state index in [1.807, 2.05) is 6.07 Å². The molecule has 1 aromatic carbocycles. The molecule has 0 bridgehead atoms. The third kappa shape index (κ3) is 3.14. The minimum Gasteiger partial charge on any atom is -0.399 e. The Labute approximate surface area is 83.9 Å². The molecule has 0 heterocycles. The SMILES string of the molecule is Nc1ccc(N)c(NCCCCO)c1. The van der Waals surface area contributed by atoms with E-state index in [1.165, 1.54) is 0 Å². The highest BCUT2D eigenvalue weighted by Gasteiger charge is 1.97. The fourth-order valence-electron chi connectivity index (χ4n) is 1.19. The van der Waals surface area contributed by atoms with Gasteiger partial charge in [-0.05, 0) is 31.0 Å². The first-order valence-electron chi connectivity index (χ1n) is 4.74. The van der Waals surface area contributed by atoms with E-state index in [2.05, 4.69) is 5.32 Å². The summed E-state index contributed by atoms with van der Waals surface area (Å²) in [6.07, 6.45) is 1.72. The Kier molecular flexibility index (Phi) is 4.07. The number of anilines is 3. The van der Waals surface area contributed by atoms with Crippen molar-refractivity contribution in [2.24, 2.45) is 0 Å². The van der Waals surface area contributed by atoms with Gasteiger partial charge in [0.1, 0.15) is 0 Å². The Bertz CT molecular complexity index is 289. The molecule has 1 rings (SSSR count). The van der Waals surface area contributed by atoms with Crippen LogP contribution in [0.3, 0.4) is 0 Å². The Morgan fingerprint density at radius 2 is 2.00 bits per heavy atom. The number of nitrogen functional groups attached to an aromatic ring is 2. The van der Waals surface area contributed by atoms with Gasteiger partial charge in [-0.3, -0.25) is 0 Å². The summed E-state index contributed by atoms with van der Waals surface area (Å²) in [6, 6.07) is 5.37. The lowest BCUT2D eigenvalue weighted by molar-refractivity contribution is 0.286. The first kappa shape index (κ1) is 10.7. The third-order valence-electron chi connectivity index (χ3n) is 1.98. The van der Waals surface area contributed by atoms with Crippen LogP contribution in [0.15, 0.2) is 18.2 Å². The van der Waals surface area contributed by atoms with E-state index in [9.17, 15) is 0 Å². The molecule has 4 heteroatoms. The summed E-state index contributed by atoms with van der Waals surface area (Å²) < 4.78 is 0. The van der Waals surface area contributed by atoms with Gasteiger partial charge >= 0.3 is 0 Å². The molecule has 78 valence electrons. The molecule has 1 aromatic rings. The highest BCUT2D eigenvalue weighted by atomic mass is 16.2. The Morgan fingerprint density at radius 1 is 1.21 bits per heavy atom. The summed E-state index contributed by atoms with van der Waals surface area (Å²) in [6.45, 7) is 1.03. The molecule has 4 nitrogen and oxygen atoms in total. The Balaban J connectivity index is 2.45. The molecular weight excluding hydrogens is 178 g/mol. The first-order chi connectivity index (χ1) is 6.74. The lowest BCUT2D eigenvalue weighted by Gasteiger charge is -2.09. The fraction of sp³-hybridized carbons (Fsp3) is 0.400. The largest absolute Gasteiger partial charge is 0.399 e. The molecule has 0 radical (unpaired) electrons. The van der Waals surface area contributed by atoms with E-state index < -0.39 is 0 Å². The highest BCUT2D eigenvalue weighted by molar-refractivity contribution is 5.70. The summed E-state index contributed by atoms with van der Waals surface area (Å²) in [5.41, 5.74) is 13.6. The smallest absolute Gasteiger partial charge is 0.0594 e. The van der Waals surface area contributed by atoms with E-state index >= 15 is 0 Å². The molecule has 0 aromatic heterocycles. The van der Waals surface area contributed by atoms with Gasteiger partial charge in [-0.25, -0.2) is 0 Å².